The zero-order chi connectivity index (χ0) is 13.4. The van der Waals surface area contributed by atoms with Gasteiger partial charge in [-0.3, -0.25) is 13.8 Å². The molecule has 1 heterocycles. The van der Waals surface area contributed by atoms with E-state index in [1.807, 2.05) is 0 Å². The summed E-state index contributed by atoms with van der Waals surface area (Å²) in [6, 6.07) is 0. The van der Waals surface area contributed by atoms with Crippen LogP contribution in [0.4, 0.5) is 0 Å². The third-order valence-electron chi connectivity index (χ3n) is 2.76. The van der Waals surface area contributed by atoms with Gasteiger partial charge in [-0.2, -0.15) is 0 Å². The van der Waals surface area contributed by atoms with Gasteiger partial charge >= 0.3 is 5.97 Å². The summed E-state index contributed by atoms with van der Waals surface area (Å²) < 4.78 is 21.8. The van der Waals surface area contributed by atoms with Crippen LogP contribution in [0.15, 0.2) is 0 Å². The lowest BCUT2D eigenvalue weighted by molar-refractivity contribution is -0.144. The van der Waals surface area contributed by atoms with E-state index < -0.39 is 10.8 Å². The van der Waals surface area contributed by atoms with Crippen LogP contribution < -0.4 is 0 Å². The van der Waals surface area contributed by atoms with Crippen molar-refractivity contribution in [2.75, 3.05) is 25.6 Å². The van der Waals surface area contributed by atoms with Crippen LogP contribution in [0.2, 0.25) is 0 Å². The third-order valence-corrected chi connectivity index (χ3v) is 4.58. The van der Waals surface area contributed by atoms with Crippen molar-refractivity contribution in [3.05, 3.63) is 0 Å². The lowest BCUT2D eigenvalue weighted by atomic mass is 10.2. The number of ether oxygens (including phenoxy) is 2. The van der Waals surface area contributed by atoms with Crippen molar-refractivity contribution >= 4 is 22.6 Å². The average Bonchev–Trinajstić information content (AvgIpc) is 2.38. The van der Waals surface area contributed by atoms with Gasteiger partial charge in [-0.25, -0.2) is 0 Å². The molecule has 1 rings (SSSR count). The van der Waals surface area contributed by atoms with Crippen molar-refractivity contribution in [3.8, 4) is 0 Å². The van der Waals surface area contributed by atoms with E-state index in [4.69, 9.17) is 9.47 Å². The first-order chi connectivity index (χ1) is 8.63. The van der Waals surface area contributed by atoms with Crippen LogP contribution in [0.3, 0.4) is 0 Å². The molecular formula is C12H20O5S. The summed E-state index contributed by atoms with van der Waals surface area (Å²) in [6.07, 6.45) is 1.70. The highest BCUT2D eigenvalue weighted by atomic mass is 32.2. The van der Waals surface area contributed by atoms with E-state index in [1.54, 1.807) is 6.92 Å². The highest BCUT2D eigenvalue weighted by Crippen LogP contribution is 2.14. The maximum Gasteiger partial charge on any atom is 0.306 e. The Hall–Kier alpha value is -0.750. The van der Waals surface area contributed by atoms with Crippen molar-refractivity contribution in [1.29, 1.82) is 0 Å². The quantitative estimate of drug-likeness (QED) is 0.644. The van der Waals surface area contributed by atoms with E-state index in [-0.39, 0.29) is 35.6 Å². The van der Waals surface area contributed by atoms with Gasteiger partial charge in [0.15, 0.2) is 0 Å². The maximum atomic E-state index is 11.9. The monoisotopic (exact) mass is 276 g/mol. The van der Waals surface area contributed by atoms with E-state index in [9.17, 15) is 13.8 Å². The van der Waals surface area contributed by atoms with E-state index in [0.29, 0.717) is 19.8 Å². The summed E-state index contributed by atoms with van der Waals surface area (Å²) >= 11 is 0. The van der Waals surface area contributed by atoms with Gasteiger partial charge in [0.1, 0.15) is 5.78 Å². The molecule has 1 saturated heterocycles. The molecule has 0 bridgehead atoms. The fraction of sp³-hybridized carbons (Fsp3) is 0.833. The number of Topliss-reactive ketones (excluding diaryl/α,β-unsaturated/α-hetero) is 1. The Labute approximate surface area is 110 Å². The molecule has 5 nitrogen and oxygen atoms in total. The Kier molecular flexibility index (Phi) is 7.12. The molecule has 1 aliphatic heterocycles. The van der Waals surface area contributed by atoms with Crippen molar-refractivity contribution in [3.63, 3.8) is 0 Å². The van der Waals surface area contributed by atoms with Gasteiger partial charge in [0, 0.05) is 35.7 Å². The number of ketones is 1. The van der Waals surface area contributed by atoms with Crippen LogP contribution in [-0.4, -0.2) is 46.8 Å². The fourth-order valence-corrected chi connectivity index (χ4v) is 3.18. The van der Waals surface area contributed by atoms with Crippen LogP contribution in [0.1, 0.15) is 32.6 Å². The molecular weight excluding hydrogens is 256 g/mol. The zero-order valence-electron chi connectivity index (χ0n) is 10.7. The second-order valence-corrected chi connectivity index (χ2v) is 5.90. The predicted octanol–water partition coefficient (Wildman–Crippen LogP) is 0.826. The van der Waals surface area contributed by atoms with E-state index in [2.05, 4.69) is 0 Å². The minimum Gasteiger partial charge on any atom is -0.466 e. The van der Waals surface area contributed by atoms with Crippen LogP contribution in [-0.2, 0) is 29.9 Å². The van der Waals surface area contributed by atoms with Crippen molar-refractivity contribution in [2.45, 2.75) is 37.9 Å². The lowest BCUT2D eigenvalue weighted by Gasteiger charge is -2.20. The van der Waals surface area contributed by atoms with E-state index in [1.165, 1.54) is 0 Å². The average molecular weight is 276 g/mol. The number of rotatable bonds is 7. The minimum atomic E-state index is -1.14. The molecule has 0 saturated carbocycles. The lowest BCUT2D eigenvalue weighted by Crippen LogP contribution is -2.28. The maximum absolute atomic E-state index is 11.9. The molecule has 0 radical (unpaired) electrons. The number of carbonyl (C=O) groups is 2. The fourth-order valence-electron chi connectivity index (χ4n) is 1.76. The zero-order valence-corrected chi connectivity index (χ0v) is 11.5. The van der Waals surface area contributed by atoms with Crippen molar-refractivity contribution in [2.24, 2.45) is 0 Å². The van der Waals surface area contributed by atoms with Crippen LogP contribution in [0.25, 0.3) is 0 Å². The third kappa shape index (κ3) is 5.73. The predicted molar refractivity (Wildman–Crippen MR) is 67.7 cm³/mol. The molecule has 6 heteroatoms. The summed E-state index contributed by atoms with van der Waals surface area (Å²) in [6.45, 7) is 3.28. The van der Waals surface area contributed by atoms with Crippen molar-refractivity contribution in [1.82, 2.24) is 0 Å². The number of hydrogen-bond acceptors (Lipinski definition) is 5. The first-order valence-electron chi connectivity index (χ1n) is 6.25. The molecule has 0 amide bonds. The summed E-state index contributed by atoms with van der Waals surface area (Å²) in [5, 5.41) is 0.0605. The SMILES string of the molecule is CCOC(=O)CCC(=O)CS(=O)C1CCOCC1. The largest absolute Gasteiger partial charge is 0.466 e. The van der Waals surface area contributed by atoms with Gasteiger partial charge in [-0.05, 0) is 19.8 Å². The standard InChI is InChI=1S/C12H20O5S/c1-2-17-12(14)4-3-10(13)9-18(15)11-5-7-16-8-6-11/h11H,2-9H2,1H3. The topological polar surface area (TPSA) is 69.7 Å². The second-order valence-electron chi connectivity index (χ2n) is 4.18. The Morgan fingerprint density at radius 1 is 1.28 bits per heavy atom. The highest BCUT2D eigenvalue weighted by Gasteiger charge is 2.22. The Morgan fingerprint density at radius 2 is 1.94 bits per heavy atom. The first-order valence-corrected chi connectivity index (χ1v) is 7.64. The molecule has 0 spiro atoms. The Balaban J connectivity index is 2.22. The Morgan fingerprint density at radius 3 is 2.56 bits per heavy atom. The van der Waals surface area contributed by atoms with Gasteiger partial charge in [0.25, 0.3) is 0 Å². The number of esters is 1. The van der Waals surface area contributed by atoms with Gasteiger partial charge in [-0.1, -0.05) is 0 Å². The summed E-state index contributed by atoms with van der Waals surface area (Å²) in [4.78, 5) is 22.6. The molecule has 0 aromatic heterocycles. The molecule has 1 aliphatic rings. The summed E-state index contributed by atoms with van der Waals surface area (Å²) in [5.74, 6) is -0.458. The smallest absolute Gasteiger partial charge is 0.306 e. The molecule has 1 atom stereocenters. The molecule has 18 heavy (non-hydrogen) atoms. The summed E-state index contributed by atoms with van der Waals surface area (Å²) in [7, 11) is -1.14. The van der Waals surface area contributed by atoms with Gasteiger partial charge in [0.05, 0.1) is 18.8 Å². The molecule has 104 valence electrons. The first kappa shape index (κ1) is 15.3. The molecule has 0 aromatic rings. The Bertz CT molecular complexity index is 310. The van der Waals surface area contributed by atoms with E-state index in [0.717, 1.165) is 12.8 Å². The molecule has 1 unspecified atom stereocenters. The normalized spacial score (nSPS) is 18.3. The molecule has 1 fully saturated rings. The van der Waals surface area contributed by atoms with Crippen LogP contribution >= 0.6 is 0 Å². The van der Waals surface area contributed by atoms with Gasteiger partial charge in [0.2, 0.25) is 0 Å². The number of carbonyl (C=O) groups excluding carboxylic acids is 2. The highest BCUT2D eigenvalue weighted by molar-refractivity contribution is 7.86. The van der Waals surface area contributed by atoms with Gasteiger partial charge < -0.3 is 9.47 Å². The van der Waals surface area contributed by atoms with E-state index >= 15 is 0 Å². The second kappa shape index (κ2) is 8.37. The number of hydrogen-bond donors (Lipinski definition) is 0. The molecule has 0 aliphatic carbocycles. The van der Waals surface area contributed by atoms with Crippen LogP contribution in [0, 0.1) is 0 Å². The molecule has 0 aromatic carbocycles. The van der Waals surface area contributed by atoms with Gasteiger partial charge in [-0.15, -0.1) is 0 Å². The summed E-state index contributed by atoms with van der Waals surface area (Å²) in [5.41, 5.74) is 0. The van der Waals surface area contributed by atoms with Crippen molar-refractivity contribution < 1.29 is 23.3 Å². The molecule has 0 N–H and O–H groups in total. The minimum absolute atomic E-state index is 0.0457. The van der Waals surface area contributed by atoms with Crippen LogP contribution in [0.5, 0.6) is 0 Å².